The monoisotopic (exact) mass is 1020 g/mol. The molecule has 8 nitrogen and oxygen atoms in total. The highest BCUT2D eigenvalue weighted by molar-refractivity contribution is 7.47. The standard InChI is InChI=1S/C62H119N2O6P/c1-6-8-10-12-14-16-18-20-22-24-25-26-27-28-29-30-31-32-33-34-35-36-37-38-40-42-44-46-48-50-52-54-56-62(66)63-60(59-70-71(67,68)69-58-57-64(3,4)5)61(65)55-53-51-49-47-45-43-41-39-23-21-19-17-15-13-11-9-7-2/h23,28-29,39,45,47,53,55,60-61,65H,6-22,24-27,30-38,40-44,46,48-52,54,56-59H2,1-5H3,(H-,63,66,67,68)/p+1/b29-28-,39-23+,47-45+,55-53+. The van der Waals surface area contributed by atoms with E-state index in [0.717, 1.165) is 44.9 Å². The van der Waals surface area contributed by atoms with Gasteiger partial charge < -0.3 is 19.8 Å². The number of hydrogen-bond donors (Lipinski definition) is 3. The average molecular weight is 1020 g/mol. The number of aliphatic hydroxyl groups is 1. The zero-order valence-corrected chi connectivity index (χ0v) is 48.6. The lowest BCUT2D eigenvalue weighted by molar-refractivity contribution is -0.870. The molecule has 71 heavy (non-hydrogen) atoms. The van der Waals surface area contributed by atoms with Crippen LogP contribution in [-0.2, 0) is 18.4 Å². The maximum absolute atomic E-state index is 13.0. The maximum Gasteiger partial charge on any atom is 0.472 e. The van der Waals surface area contributed by atoms with Crippen LogP contribution in [-0.4, -0.2) is 73.4 Å². The molecule has 0 spiro atoms. The lowest BCUT2D eigenvalue weighted by Gasteiger charge is -2.25. The third-order valence-electron chi connectivity index (χ3n) is 13.7. The third-order valence-corrected chi connectivity index (χ3v) is 14.7. The molecule has 0 fully saturated rings. The maximum atomic E-state index is 13.0. The molecule has 0 bridgehead atoms. The highest BCUT2D eigenvalue weighted by Gasteiger charge is 2.27. The minimum Gasteiger partial charge on any atom is -0.387 e. The predicted molar refractivity (Wildman–Crippen MR) is 309 cm³/mol. The Morgan fingerprint density at radius 1 is 0.465 bits per heavy atom. The van der Waals surface area contributed by atoms with E-state index < -0.39 is 20.0 Å². The Kier molecular flexibility index (Phi) is 52.1. The van der Waals surface area contributed by atoms with Crippen LogP contribution in [0, 0.1) is 0 Å². The van der Waals surface area contributed by atoms with Crippen LogP contribution in [0.4, 0.5) is 0 Å². The number of rotatable bonds is 56. The second-order valence-electron chi connectivity index (χ2n) is 22.1. The first kappa shape index (κ1) is 69.5. The molecule has 0 radical (unpaired) electrons. The number of nitrogens with zero attached hydrogens (tertiary/aromatic N) is 1. The molecular weight excluding hydrogens is 900 g/mol. The average Bonchev–Trinajstić information content (AvgIpc) is 3.33. The lowest BCUT2D eigenvalue weighted by atomic mass is 10.0. The number of nitrogens with one attached hydrogen (secondary N) is 1. The molecule has 0 aliphatic carbocycles. The normalized spacial score (nSPS) is 14.2. The van der Waals surface area contributed by atoms with Crippen LogP contribution in [0.25, 0.3) is 0 Å². The largest absolute Gasteiger partial charge is 0.472 e. The fraction of sp³-hybridized carbons (Fsp3) is 0.855. The molecule has 418 valence electrons. The number of aliphatic hydroxyl groups excluding tert-OH is 1. The summed E-state index contributed by atoms with van der Waals surface area (Å²) in [5.74, 6) is -0.188. The summed E-state index contributed by atoms with van der Waals surface area (Å²) in [6, 6.07) is -0.870. The number of amides is 1. The van der Waals surface area contributed by atoms with E-state index in [0.29, 0.717) is 17.4 Å². The molecule has 3 atom stereocenters. The van der Waals surface area contributed by atoms with Gasteiger partial charge in [-0.1, -0.05) is 262 Å². The van der Waals surface area contributed by atoms with E-state index in [4.69, 9.17) is 9.05 Å². The van der Waals surface area contributed by atoms with E-state index in [1.54, 1.807) is 6.08 Å². The second-order valence-corrected chi connectivity index (χ2v) is 23.5. The Balaban J connectivity index is 4.09. The van der Waals surface area contributed by atoms with Crippen LogP contribution in [0.5, 0.6) is 0 Å². The van der Waals surface area contributed by atoms with Gasteiger partial charge in [0.25, 0.3) is 0 Å². The Labute approximate surface area is 441 Å². The molecule has 0 heterocycles. The Hall–Kier alpha value is -1.54. The van der Waals surface area contributed by atoms with Crippen LogP contribution in [0.1, 0.15) is 290 Å². The second kappa shape index (κ2) is 53.3. The number of carbonyl (C=O) groups excluding carboxylic acids is 1. The van der Waals surface area contributed by atoms with Crippen molar-refractivity contribution in [1.29, 1.82) is 0 Å². The van der Waals surface area contributed by atoms with Crippen molar-refractivity contribution in [2.24, 2.45) is 0 Å². The number of phosphoric ester groups is 1. The van der Waals surface area contributed by atoms with Gasteiger partial charge in [-0.2, -0.15) is 0 Å². The molecule has 0 aliphatic heterocycles. The number of likely N-dealkylation sites (N-methyl/N-ethyl adjacent to an activating group) is 1. The highest BCUT2D eigenvalue weighted by Crippen LogP contribution is 2.43. The van der Waals surface area contributed by atoms with E-state index in [9.17, 15) is 19.4 Å². The summed E-state index contributed by atoms with van der Waals surface area (Å²) in [6.45, 7) is 4.81. The first-order valence-corrected chi connectivity index (χ1v) is 32.0. The number of unbranched alkanes of at least 4 members (excludes halogenated alkanes) is 37. The summed E-state index contributed by atoms with van der Waals surface area (Å²) in [7, 11) is 1.55. The SMILES string of the molecule is CCCCCCCCC/C=C/CC/C=C/CC/C=C/C(O)C(COP(=O)(O)OCC[N+](C)(C)C)NC(=O)CCCCCCCCCCCCCCCCCC/C=C\CCCCCCCCCCCCCC. The minimum atomic E-state index is -4.36. The van der Waals surface area contributed by atoms with E-state index in [2.05, 4.69) is 55.6 Å². The molecule has 0 aromatic heterocycles. The smallest absolute Gasteiger partial charge is 0.387 e. The van der Waals surface area contributed by atoms with Crippen molar-refractivity contribution >= 4 is 13.7 Å². The van der Waals surface area contributed by atoms with Crippen molar-refractivity contribution in [3.8, 4) is 0 Å². The zero-order chi connectivity index (χ0) is 52.0. The molecule has 0 saturated carbocycles. The molecule has 0 saturated heterocycles. The highest BCUT2D eigenvalue weighted by atomic mass is 31.2. The van der Waals surface area contributed by atoms with Crippen LogP contribution in [0.3, 0.4) is 0 Å². The van der Waals surface area contributed by atoms with Gasteiger partial charge in [0.05, 0.1) is 39.9 Å². The van der Waals surface area contributed by atoms with E-state index in [1.165, 1.54) is 225 Å². The summed E-state index contributed by atoms with van der Waals surface area (Å²) in [6.07, 6.45) is 71.0. The number of allylic oxidation sites excluding steroid dienone is 7. The van der Waals surface area contributed by atoms with Gasteiger partial charge in [-0.25, -0.2) is 4.57 Å². The van der Waals surface area contributed by atoms with Crippen LogP contribution < -0.4 is 5.32 Å². The summed E-state index contributed by atoms with van der Waals surface area (Å²) < 4.78 is 23.7. The number of hydrogen-bond acceptors (Lipinski definition) is 5. The van der Waals surface area contributed by atoms with Gasteiger partial charge in [-0.3, -0.25) is 13.8 Å². The molecule has 1 amide bonds. The van der Waals surface area contributed by atoms with Crippen molar-refractivity contribution in [2.45, 2.75) is 302 Å². The topological polar surface area (TPSA) is 105 Å². The number of phosphoric acid groups is 1. The molecule has 0 rings (SSSR count). The molecule has 0 aromatic carbocycles. The molecule has 3 N–H and O–H groups in total. The molecule has 0 aliphatic rings. The zero-order valence-electron chi connectivity index (χ0n) is 47.7. The van der Waals surface area contributed by atoms with Crippen LogP contribution in [0.15, 0.2) is 48.6 Å². The van der Waals surface area contributed by atoms with E-state index in [1.807, 2.05) is 27.2 Å². The van der Waals surface area contributed by atoms with Gasteiger partial charge in [0.1, 0.15) is 13.2 Å². The summed E-state index contributed by atoms with van der Waals surface area (Å²) in [5, 5.41) is 13.9. The summed E-state index contributed by atoms with van der Waals surface area (Å²) in [5.41, 5.74) is 0. The van der Waals surface area contributed by atoms with Gasteiger partial charge in [0.15, 0.2) is 0 Å². The van der Waals surface area contributed by atoms with Gasteiger partial charge in [-0.05, 0) is 70.6 Å². The quantitative estimate of drug-likeness (QED) is 0.0243. The van der Waals surface area contributed by atoms with E-state index in [-0.39, 0.29) is 19.1 Å². The Morgan fingerprint density at radius 2 is 0.775 bits per heavy atom. The minimum absolute atomic E-state index is 0.0538. The Bertz CT molecular complexity index is 1290. The number of carbonyl (C=O) groups is 1. The van der Waals surface area contributed by atoms with Crippen LogP contribution >= 0.6 is 7.82 Å². The first-order chi connectivity index (χ1) is 34.5. The van der Waals surface area contributed by atoms with Crippen molar-refractivity contribution in [3.63, 3.8) is 0 Å². The van der Waals surface area contributed by atoms with Crippen molar-refractivity contribution < 1.29 is 32.9 Å². The first-order valence-electron chi connectivity index (χ1n) is 30.5. The van der Waals surface area contributed by atoms with E-state index >= 15 is 0 Å². The van der Waals surface area contributed by atoms with Crippen molar-refractivity contribution in [3.05, 3.63) is 48.6 Å². The lowest BCUT2D eigenvalue weighted by Crippen LogP contribution is -2.45. The molecule has 3 unspecified atom stereocenters. The van der Waals surface area contributed by atoms with Gasteiger partial charge >= 0.3 is 7.82 Å². The molecule has 9 heteroatoms. The fourth-order valence-electron chi connectivity index (χ4n) is 8.95. The molecular formula is C62H120N2O6P+. The predicted octanol–water partition coefficient (Wildman–Crippen LogP) is 18.7. The van der Waals surface area contributed by atoms with Gasteiger partial charge in [-0.15, -0.1) is 0 Å². The summed E-state index contributed by atoms with van der Waals surface area (Å²) in [4.78, 5) is 23.3. The van der Waals surface area contributed by atoms with Crippen molar-refractivity contribution in [1.82, 2.24) is 5.32 Å². The van der Waals surface area contributed by atoms with Crippen molar-refractivity contribution in [2.75, 3.05) is 40.9 Å². The summed E-state index contributed by atoms with van der Waals surface area (Å²) >= 11 is 0. The van der Waals surface area contributed by atoms with Gasteiger partial charge in [0, 0.05) is 6.42 Å². The Morgan fingerprint density at radius 3 is 1.13 bits per heavy atom. The number of quaternary nitrogens is 1. The van der Waals surface area contributed by atoms with Gasteiger partial charge in [0.2, 0.25) is 5.91 Å². The fourth-order valence-corrected chi connectivity index (χ4v) is 9.69. The van der Waals surface area contributed by atoms with Crippen LogP contribution in [0.2, 0.25) is 0 Å². The molecule has 0 aromatic rings. The third kappa shape index (κ3) is 56.0.